The van der Waals surface area contributed by atoms with Crippen LogP contribution in [0.1, 0.15) is 17.2 Å². The van der Waals surface area contributed by atoms with Gasteiger partial charge in [-0.1, -0.05) is 36.4 Å². The second-order valence-corrected chi connectivity index (χ2v) is 4.56. The van der Waals surface area contributed by atoms with Crippen molar-refractivity contribution in [3.8, 4) is 11.5 Å². The third kappa shape index (κ3) is 3.18. The van der Waals surface area contributed by atoms with Gasteiger partial charge in [-0.2, -0.15) is 0 Å². The standard InChI is InChI=1S/C16H11F3O2/c17-16(18,19)21-13-6-3-5-12(10-13)15-9-8-11-4-1-2-7-14(11)20-15/h1-10,15H. The van der Waals surface area contributed by atoms with Crippen molar-refractivity contribution in [1.82, 2.24) is 0 Å². The van der Waals surface area contributed by atoms with Crippen LogP contribution in [0.4, 0.5) is 13.2 Å². The summed E-state index contributed by atoms with van der Waals surface area (Å²) in [5, 5.41) is 0. The fraction of sp³-hybridized carbons (Fsp3) is 0.125. The third-order valence-electron chi connectivity index (χ3n) is 3.04. The highest BCUT2D eigenvalue weighted by atomic mass is 19.4. The molecule has 2 nitrogen and oxygen atoms in total. The van der Waals surface area contributed by atoms with Crippen molar-refractivity contribution in [3.63, 3.8) is 0 Å². The monoisotopic (exact) mass is 292 g/mol. The van der Waals surface area contributed by atoms with E-state index >= 15 is 0 Å². The van der Waals surface area contributed by atoms with Gasteiger partial charge >= 0.3 is 6.36 Å². The largest absolute Gasteiger partial charge is 0.573 e. The molecule has 108 valence electrons. The van der Waals surface area contributed by atoms with Gasteiger partial charge in [0, 0.05) is 5.56 Å². The molecule has 1 atom stereocenters. The lowest BCUT2D eigenvalue weighted by molar-refractivity contribution is -0.274. The first-order valence-electron chi connectivity index (χ1n) is 6.31. The molecule has 0 aromatic heterocycles. The maximum atomic E-state index is 12.2. The number of hydrogen-bond acceptors (Lipinski definition) is 2. The third-order valence-corrected chi connectivity index (χ3v) is 3.04. The van der Waals surface area contributed by atoms with Crippen molar-refractivity contribution in [2.75, 3.05) is 0 Å². The van der Waals surface area contributed by atoms with Crippen molar-refractivity contribution in [3.05, 3.63) is 65.7 Å². The molecule has 0 N–H and O–H groups in total. The highest BCUT2D eigenvalue weighted by Gasteiger charge is 2.31. The summed E-state index contributed by atoms with van der Waals surface area (Å²) in [5.74, 6) is 0.447. The van der Waals surface area contributed by atoms with E-state index in [0.29, 0.717) is 11.3 Å². The normalized spacial score (nSPS) is 17.0. The average Bonchev–Trinajstić information content (AvgIpc) is 2.45. The molecule has 2 aromatic rings. The number of hydrogen-bond donors (Lipinski definition) is 0. The van der Waals surface area contributed by atoms with E-state index in [1.165, 1.54) is 18.2 Å². The molecule has 0 spiro atoms. The van der Waals surface area contributed by atoms with E-state index in [2.05, 4.69) is 4.74 Å². The first kappa shape index (κ1) is 13.5. The van der Waals surface area contributed by atoms with Crippen molar-refractivity contribution in [1.29, 1.82) is 0 Å². The summed E-state index contributed by atoms with van der Waals surface area (Å²) in [7, 11) is 0. The van der Waals surface area contributed by atoms with Gasteiger partial charge in [0.15, 0.2) is 0 Å². The zero-order valence-electron chi connectivity index (χ0n) is 10.8. The Hall–Kier alpha value is -2.43. The SMILES string of the molecule is FC(F)(F)Oc1cccc(C2C=Cc3ccccc3O2)c1. The Morgan fingerprint density at radius 2 is 1.81 bits per heavy atom. The van der Waals surface area contributed by atoms with Gasteiger partial charge in [-0.15, -0.1) is 13.2 Å². The first-order valence-corrected chi connectivity index (χ1v) is 6.31. The second-order valence-electron chi connectivity index (χ2n) is 4.56. The summed E-state index contributed by atoms with van der Waals surface area (Å²) in [6.45, 7) is 0. The van der Waals surface area contributed by atoms with Crippen LogP contribution in [0.3, 0.4) is 0 Å². The van der Waals surface area contributed by atoms with Crippen LogP contribution in [-0.2, 0) is 0 Å². The van der Waals surface area contributed by atoms with Crippen LogP contribution in [-0.4, -0.2) is 6.36 Å². The van der Waals surface area contributed by atoms with Crippen molar-refractivity contribution < 1.29 is 22.6 Å². The Balaban J connectivity index is 1.84. The maximum Gasteiger partial charge on any atom is 0.573 e. The smallest absolute Gasteiger partial charge is 0.481 e. The summed E-state index contributed by atoms with van der Waals surface area (Å²) < 4.78 is 46.4. The van der Waals surface area contributed by atoms with Crippen LogP contribution in [0.25, 0.3) is 6.08 Å². The van der Waals surface area contributed by atoms with Crippen molar-refractivity contribution in [2.24, 2.45) is 0 Å². The number of rotatable bonds is 2. The van der Waals surface area contributed by atoms with Crippen LogP contribution in [0.2, 0.25) is 0 Å². The predicted molar refractivity (Wildman–Crippen MR) is 72.0 cm³/mol. The molecule has 0 saturated carbocycles. The summed E-state index contributed by atoms with van der Waals surface area (Å²) in [6.07, 6.45) is -1.44. The molecule has 1 aliphatic heterocycles. The van der Waals surface area contributed by atoms with E-state index in [1.807, 2.05) is 30.3 Å². The topological polar surface area (TPSA) is 18.5 Å². The molecule has 5 heteroatoms. The molecule has 0 radical (unpaired) electrons. The van der Waals surface area contributed by atoms with E-state index < -0.39 is 12.5 Å². The van der Waals surface area contributed by atoms with Gasteiger partial charge in [0.25, 0.3) is 0 Å². The molecule has 2 aromatic carbocycles. The van der Waals surface area contributed by atoms with Crippen molar-refractivity contribution >= 4 is 6.08 Å². The molecule has 0 bridgehead atoms. The number of halogens is 3. The summed E-state index contributed by atoms with van der Waals surface area (Å²) >= 11 is 0. The Kier molecular flexibility index (Phi) is 3.33. The van der Waals surface area contributed by atoms with Crippen LogP contribution in [0.5, 0.6) is 11.5 Å². The van der Waals surface area contributed by atoms with Gasteiger partial charge < -0.3 is 9.47 Å². The zero-order valence-corrected chi connectivity index (χ0v) is 10.8. The maximum absolute atomic E-state index is 12.2. The van der Waals surface area contributed by atoms with Gasteiger partial charge in [-0.05, 0) is 29.8 Å². The predicted octanol–water partition coefficient (Wildman–Crippen LogP) is 4.73. The summed E-state index contributed by atoms with van der Waals surface area (Å²) in [6, 6.07) is 13.3. The van der Waals surface area contributed by atoms with E-state index in [0.717, 1.165) is 5.56 Å². The molecule has 1 aliphatic rings. The number of fused-ring (bicyclic) bond motifs is 1. The molecule has 0 amide bonds. The van der Waals surface area contributed by atoms with E-state index in [4.69, 9.17) is 4.74 Å². The van der Waals surface area contributed by atoms with Crippen LogP contribution in [0.15, 0.2) is 54.6 Å². The first-order chi connectivity index (χ1) is 10.0. The molecule has 1 heterocycles. The van der Waals surface area contributed by atoms with Crippen LogP contribution in [0, 0.1) is 0 Å². The summed E-state index contributed by atoms with van der Waals surface area (Å²) in [5.41, 5.74) is 1.54. The lowest BCUT2D eigenvalue weighted by Crippen LogP contribution is -2.17. The quantitative estimate of drug-likeness (QED) is 0.796. The van der Waals surface area contributed by atoms with E-state index in [-0.39, 0.29) is 5.75 Å². The van der Waals surface area contributed by atoms with E-state index in [9.17, 15) is 13.2 Å². The minimum absolute atomic E-state index is 0.254. The van der Waals surface area contributed by atoms with Gasteiger partial charge in [0.1, 0.15) is 17.6 Å². The summed E-state index contributed by atoms with van der Waals surface area (Å²) in [4.78, 5) is 0. The lowest BCUT2D eigenvalue weighted by Gasteiger charge is -2.22. The molecule has 1 unspecified atom stereocenters. The van der Waals surface area contributed by atoms with Gasteiger partial charge in [0.05, 0.1) is 0 Å². The number of alkyl halides is 3. The highest BCUT2D eigenvalue weighted by molar-refractivity contribution is 5.60. The average molecular weight is 292 g/mol. The fourth-order valence-corrected chi connectivity index (χ4v) is 2.16. The number of para-hydroxylation sites is 1. The fourth-order valence-electron chi connectivity index (χ4n) is 2.16. The minimum atomic E-state index is -4.70. The molecule has 21 heavy (non-hydrogen) atoms. The Bertz CT molecular complexity index is 677. The molecule has 0 fully saturated rings. The van der Waals surface area contributed by atoms with Gasteiger partial charge in [-0.25, -0.2) is 0 Å². The second kappa shape index (κ2) is 5.16. The van der Waals surface area contributed by atoms with E-state index in [1.54, 1.807) is 12.1 Å². The molecule has 0 saturated heterocycles. The molecular weight excluding hydrogens is 281 g/mol. The molecular formula is C16H11F3O2. The highest BCUT2D eigenvalue weighted by Crippen LogP contribution is 2.34. The Labute approximate surface area is 119 Å². The number of ether oxygens (including phenoxy) is 2. The molecule has 0 aliphatic carbocycles. The van der Waals surface area contributed by atoms with Crippen molar-refractivity contribution in [2.45, 2.75) is 12.5 Å². The van der Waals surface area contributed by atoms with Gasteiger partial charge in [-0.3, -0.25) is 0 Å². The van der Waals surface area contributed by atoms with Gasteiger partial charge in [0.2, 0.25) is 0 Å². The van der Waals surface area contributed by atoms with Crippen LogP contribution >= 0.6 is 0 Å². The minimum Gasteiger partial charge on any atom is -0.481 e. The Morgan fingerprint density at radius 1 is 1.00 bits per heavy atom. The Morgan fingerprint density at radius 3 is 2.62 bits per heavy atom. The number of benzene rings is 2. The molecule has 3 rings (SSSR count). The van der Waals surface area contributed by atoms with Crippen LogP contribution < -0.4 is 9.47 Å². The zero-order chi connectivity index (χ0) is 14.9. The lowest BCUT2D eigenvalue weighted by atomic mass is 10.0.